The summed E-state index contributed by atoms with van der Waals surface area (Å²) in [5.41, 5.74) is -0.884. The number of rotatable bonds is 10. The summed E-state index contributed by atoms with van der Waals surface area (Å²) >= 11 is 0. The molecule has 0 radical (unpaired) electrons. The van der Waals surface area contributed by atoms with Gasteiger partial charge in [-0.15, -0.1) is 0 Å². The molecule has 5 heteroatoms. The predicted molar refractivity (Wildman–Crippen MR) is 141 cm³/mol. The summed E-state index contributed by atoms with van der Waals surface area (Å²) < 4.78 is 11.3. The predicted octanol–water partition coefficient (Wildman–Crippen LogP) is 6.84. The van der Waals surface area contributed by atoms with Gasteiger partial charge in [-0.3, -0.25) is 9.59 Å². The number of fused-ring (bicyclic) bond motifs is 5. The molecule has 4 aliphatic rings. The summed E-state index contributed by atoms with van der Waals surface area (Å²) in [5, 5.41) is 12.5. The molecule has 0 spiro atoms. The van der Waals surface area contributed by atoms with E-state index < -0.39 is 5.60 Å². The van der Waals surface area contributed by atoms with Crippen LogP contribution in [0.3, 0.4) is 0 Å². The maximum Gasteiger partial charge on any atom is 0.302 e. The molecule has 0 unspecified atom stereocenters. The van der Waals surface area contributed by atoms with Gasteiger partial charge >= 0.3 is 11.9 Å². The van der Waals surface area contributed by atoms with Crippen LogP contribution in [0.4, 0.5) is 0 Å². The fourth-order valence-corrected chi connectivity index (χ4v) is 9.80. The Kier molecular flexibility index (Phi) is 8.49. The second kappa shape index (κ2) is 10.9. The number of esters is 2. The van der Waals surface area contributed by atoms with Crippen molar-refractivity contribution in [2.45, 2.75) is 136 Å². The third-order valence-corrected chi connectivity index (χ3v) is 11.6. The van der Waals surface area contributed by atoms with E-state index in [2.05, 4.69) is 20.8 Å². The molecular weight excluding hydrogens is 452 g/mol. The maximum absolute atomic E-state index is 12.5. The van der Waals surface area contributed by atoms with Gasteiger partial charge in [0, 0.05) is 31.6 Å². The van der Waals surface area contributed by atoms with Crippen molar-refractivity contribution in [3.8, 4) is 0 Å². The molecule has 206 valence electrons. The minimum absolute atomic E-state index is 0.0906. The van der Waals surface area contributed by atoms with Crippen molar-refractivity contribution in [3.63, 3.8) is 0 Å². The van der Waals surface area contributed by atoms with Crippen molar-refractivity contribution in [1.29, 1.82) is 0 Å². The molecule has 0 aromatic carbocycles. The Morgan fingerprint density at radius 2 is 1.61 bits per heavy atom. The molecule has 5 nitrogen and oxygen atoms in total. The monoisotopic (exact) mass is 504 g/mol. The Morgan fingerprint density at radius 3 is 2.31 bits per heavy atom. The Balaban J connectivity index is 1.55. The van der Waals surface area contributed by atoms with E-state index in [-0.39, 0.29) is 36.0 Å². The van der Waals surface area contributed by atoms with Gasteiger partial charge < -0.3 is 14.6 Å². The molecule has 0 amide bonds. The zero-order valence-electron chi connectivity index (χ0n) is 23.7. The summed E-state index contributed by atoms with van der Waals surface area (Å²) in [6.45, 7) is 10.3. The highest BCUT2D eigenvalue weighted by molar-refractivity contribution is 5.66. The van der Waals surface area contributed by atoms with E-state index in [1.807, 2.05) is 0 Å². The standard InChI is InChI=1S/C31H52O5/c1-6-7-8-9-10-11-12-23-13-14-25-28-26(16-17-29(23,25)4)30(5)18-15-24(36-22(3)33)19-31(30,34)27(28)20-35-21(2)32/h23-28,34H,6-20H2,1-5H3/t23-,24-,25-,26-,27+,28-,29+,30+,31+/m0/s1. The number of carbonyl (C=O) groups is 2. The lowest BCUT2D eigenvalue weighted by Crippen LogP contribution is -2.55. The highest BCUT2D eigenvalue weighted by Crippen LogP contribution is 2.73. The van der Waals surface area contributed by atoms with Crippen molar-refractivity contribution in [3.05, 3.63) is 0 Å². The Morgan fingerprint density at radius 1 is 0.889 bits per heavy atom. The molecule has 36 heavy (non-hydrogen) atoms. The van der Waals surface area contributed by atoms with Gasteiger partial charge in [0.2, 0.25) is 0 Å². The van der Waals surface area contributed by atoms with Crippen LogP contribution in [0.2, 0.25) is 0 Å². The van der Waals surface area contributed by atoms with Crippen molar-refractivity contribution in [2.24, 2.45) is 40.4 Å². The van der Waals surface area contributed by atoms with Gasteiger partial charge in [0.15, 0.2) is 0 Å². The lowest BCUT2D eigenvalue weighted by atomic mass is 9.54. The van der Waals surface area contributed by atoms with E-state index >= 15 is 0 Å². The highest BCUT2D eigenvalue weighted by atomic mass is 16.5. The number of aliphatic hydroxyl groups is 1. The Labute approximate surface area is 219 Å². The van der Waals surface area contributed by atoms with Gasteiger partial charge in [-0.25, -0.2) is 0 Å². The van der Waals surface area contributed by atoms with E-state index in [0.717, 1.165) is 25.2 Å². The zero-order chi connectivity index (χ0) is 26.1. The number of ether oxygens (including phenoxy) is 2. The molecule has 4 aliphatic carbocycles. The smallest absolute Gasteiger partial charge is 0.302 e. The normalized spacial score (nSPS) is 43.4. The van der Waals surface area contributed by atoms with Crippen molar-refractivity contribution in [1.82, 2.24) is 0 Å². The minimum Gasteiger partial charge on any atom is -0.465 e. The molecule has 0 heterocycles. The molecule has 0 aromatic heterocycles. The summed E-state index contributed by atoms with van der Waals surface area (Å²) in [6, 6.07) is 0. The van der Waals surface area contributed by atoms with Crippen LogP contribution in [0.5, 0.6) is 0 Å². The van der Waals surface area contributed by atoms with Crippen LogP contribution in [0.15, 0.2) is 0 Å². The lowest BCUT2D eigenvalue weighted by molar-refractivity contribution is -0.180. The average Bonchev–Trinajstić information content (AvgIpc) is 3.23. The molecule has 4 rings (SSSR count). The molecule has 0 aliphatic heterocycles. The van der Waals surface area contributed by atoms with Crippen LogP contribution in [-0.4, -0.2) is 35.4 Å². The summed E-state index contributed by atoms with van der Waals surface area (Å²) in [6.07, 6.45) is 16.2. The van der Waals surface area contributed by atoms with E-state index in [0.29, 0.717) is 29.6 Å². The highest BCUT2D eigenvalue weighted by Gasteiger charge is 2.72. The van der Waals surface area contributed by atoms with E-state index in [1.165, 1.54) is 78.1 Å². The molecule has 4 saturated carbocycles. The van der Waals surface area contributed by atoms with Gasteiger partial charge in [0.25, 0.3) is 0 Å². The van der Waals surface area contributed by atoms with Gasteiger partial charge in [0.1, 0.15) is 6.10 Å². The molecule has 1 N–H and O–H groups in total. The van der Waals surface area contributed by atoms with Crippen molar-refractivity contribution < 1.29 is 24.2 Å². The molecule has 0 aromatic rings. The first kappa shape index (κ1) is 27.9. The number of hydrogen-bond donors (Lipinski definition) is 1. The fraction of sp³-hybridized carbons (Fsp3) is 0.935. The molecule has 0 saturated heterocycles. The SMILES string of the molecule is CCCCCCCC[C@H]1CC[C@H]2[C@@H]3[C@@H](COC(C)=O)[C@]4(O)C[C@@H](OC(C)=O)CC[C@]4(C)[C@H]3CC[C@]12C. The third kappa shape index (κ3) is 4.87. The summed E-state index contributed by atoms with van der Waals surface area (Å²) in [5.74, 6) is 1.49. The van der Waals surface area contributed by atoms with Gasteiger partial charge in [-0.05, 0) is 74.0 Å². The fourth-order valence-electron chi connectivity index (χ4n) is 9.80. The van der Waals surface area contributed by atoms with E-state index in [9.17, 15) is 14.7 Å². The first-order valence-electron chi connectivity index (χ1n) is 15.1. The minimum atomic E-state index is -0.973. The summed E-state index contributed by atoms with van der Waals surface area (Å²) in [4.78, 5) is 23.6. The quantitative estimate of drug-likeness (QED) is 0.260. The number of unbranched alkanes of at least 4 members (excludes halogenated alkanes) is 5. The van der Waals surface area contributed by atoms with E-state index in [4.69, 9.17) is 9.47 Å². The molecular formula is C31H52O5. The second-order valence-electron chi connectivity index (χ2n) is 13.4. The van der Waals surface area contributed by atoms with E-state index in [1.54, 1.807) is 0 Å². The zero-order valence-corrected chi connectivity index (χ0v) is 23.7. The van der Waals surface area contributed by atoms with Gasteiger partial charge in [-0.1, -0.05) is 59.3 Å². The van der Waals surface area contributed by atoms with Crippen LogP contribution < -0.4 is 0 Å². The average molecular weight is 505 g/mol. The third-order valence-electron chi connectivity index (χ3n) is 11.6. The number of carbonyl (C=O) groups excluding carboxylic acids is 2. The van der Waals surface area contributed by atoms with Gasteiger partial charge in [-0.2, -0.15) is 0 Å². The molecule has 4 fully saturated rings. The lowest BCUT2D eigenvalue weighted by Gasteiger charge is -2.52. The molecule has 9 atom stereocenters. The number of hydrogen-bond acceptors (Lipinski definition) is 5. The topological polar surface area (TPSA) is 72.8 Å². The van der Waals surface area contributed by atoms with Gasteiger partial charge in [0.05, 0.1) is 12.2 Å². The van der Waals surface area contributed by atoms with Crippen LogP contribution in [0, 0.1) is 40.4 Å². The Bertz CT molecular complexity index is 796. The van der Waals surface area contributed by atoms with Crippen LogP contribution in [-0.2, 0) is 19.1 Å². The first-order chi connectivity index (χ1) is 17.1. The summed E-state index contributed by atoms with van der Waals surface area (Å²) in [7, 11) is 0. The van der Waals surface area contributed by atoms with Crippen LogP contribution >= 0.6 is 0 Å². The molecule has 0 bridgehead atoms. The van der Waals surface area contributed by atoms with Crippen LogP contribution in [0.25, 0.3) is 0 Å². The Hall–Kier alpha value is -1.10. The van der Waals surface area contributed by atoms with Crippen molar-refractivity contribution in [2.75, 3.05) is 6.61 Å². The van der Waals surface area contributed by atoms with Crippen LogP contribution in [0.1, 0.15) is 125 Å². The second-order valence-corrected chi connectivity index (χ2v) is 13.4. The van der Waals surface area contributed by atoms with Crippen molar-refractivity contribution >= 4 is 11.9 Å². The maximum atomic E-state index is 12.5. The largest absolute Gasteiger partial charge is 0.465 e. The first-order valence-corrected chi connectivity index (χ1v) is 15.1.